The molecule has 1 aromatic heterocycles. The zero-order chi connectivity index (χ0) is 23.9. The van der Waals surface area contributed by atoms with Gasteiger partial charge in [0.2, 0.25) is 0 Å². The van der Waals surface area contributed by atoms with E-state index in [0.29, 0.717) is 19.3 Å². The number of carbonyl (C=O) groups excluding carboxylic acids is 1. The Labute approximate surface area is 198 Å². The second-order valence-corrected chi connectivity index (χ2v) is 8.41. The fourth-order valence-corrected chi connectivity index (χ4v) is 4.40. The zero-order valence-electron chi connectivity index (χ0n) is 19.4. The maximum absolute atomic E-state index is 13.0. The summed E-state index contributed by atoms with van der Waals surface area (Å²) in [5, 5.41) is 0. The van der Waals surface area contributed by atoms with Crippen molar-refractivity contribution < 1.29 is 9.53 Å². The summed E-state index contributed by atoms with van der Waals surface area (Å²) in [6, 6.07) is 17.5. The highest BCUT2D eigenvalue weighted by atomic mass is 16.5. The van der Waals surface area contributed by atoms with Gasteiger partial charge >= 0.3 is 5.69 Å². The van der Waals surface area contributed by atoms with E-state index in [-0.39, 0.29) is 17.8 Å². The molecule has 0 amide bonds. The summed E-state index contributed by atoms with van der Waals surface area (Å²) in [6.07, 6.45) is 2.53. The van der Waals surface area contributed by atoms with Gasteiger partial charge in [-0.3, -0.25) is 23.6 Å². The number of rotatable bonds is 9. The quantitative estimate of drug-likeness (QED) is 0.454. The molecule has 0 radical (unpaired) electrons. The van der Waals surface area contributed by atoms with Crippen LogP contribution >= 0.6 is 0 Å². The van der Waals surface area contributed by atoms with E-state index >= 15 is 0 Å². The maximum atomic E-state index is 13.0. The summed E-state index contributed by atoms with van der Waals surface area (Å²) in [4.78, 5) is 41.7. The molecule has 0 bridgehead atoms. The monoisotopic (exact) mass is 462 g/mol. The molecule has 1 aliphatic rings. The largest absolute Gasteiger partial charge is 0.495 e. The molecule has 0 N–H and O–H groups in total. The van der Waals surface area contributed by atoms with Crippen LogP contribution in [0.25, 0.3) is 0 Å². The third-order valence-electron chi connectivity index (χ3n) is 6.24. The highest BCUT2D eigenvalue weighted by Crippen LogP contribution is 2.28. The minimum Gasteiger partial charge on any atom is -0.495 e. The second kappa shape index (κ2) is 11.0. The number of para-hydroxylation sites is 2. The first kappa shape index (κ1) is 23.5. The van der Waals surface area contributed by atoms with Crippen molar-refractivity contribution in [3.8, 4) is 5.75 Å². The van der Waals surface area contributed by atoms with Crippen LogP contribution in [-0.2, 0) is 13.1 Å². The molecule has 178 valence electrons. The predicted octanol–water partition coefficient (Wildman–Crippen LogP) is 2.09. The molecule has 8 heteroatoms. The van der Waals surface area contributed by atoms with Crippen LogP contribution in [0, 0.1) is 0 Å². The fraction of sp³-hybridized carbons (Fsp3) is 0.346. The highest BCUT2D eigenvalue weighted by Gasteiger charge is 2.19. The Morgan fingerprint density at radius 1 is 0.912 bits per heavy atom. The summed E-state index contributed by atoms with van der Waals surface area (Å²) in [6.45, 7) is 4.90. The van der Waals surface area contributed by atoms with E-state index in [4.69, 9.17) is 4.74 Å². The van der Waals surface area contributed by atoms with Crippen LogP contribution < -0.4 is 20.9 Å². The van der Waals surface area contributed by atoms with Crippen LogP contribution in [0.2, 0.25) is 0 Å². The molecule has 0 aliphatic carbocycles. The number of carbonyl (C=O) groups is 1. The topological polar surface area (TPSA) is 76.8 Å². The number of piperazine rings is 1. The van der Waals surface area contributed by atoms with Gasteiger partial charge in [-0.15, -0.1) is 0 Å². The van der Waals surface area contributed by atoms with Crippen molar-refractivity contribution in [2.75, 3.05) is 44.7 Å². The smallest absolute Gasteiger partial charge is 0.331 e. The van der Waals surface area contributed by atoms with Crippen molar-refractivity contribution >= 4 is 12.0 Å². The lowest BCUT2D eigenvalue weighted by atomic mass is 10.2. The number of hydrogen-bond acceptors (Lipinski definition) is 6. The molecule has 1 fully saturated rings. The molecule has 1 aliphatic heterocycles. The lowest BCUT2D eigenvalue weighted by Gasteiger charge is -2.36. The standard InChI is InChI=1S/C26H30N4O4/c1-34-24-11-6-5-10-23(24)28-16-14-27(15-17-28)12-7-13-30-25(32)22(20-31)19-29(26(30)33)18-21-8-3-2-4-9-21/h2-6,8-11,19-20H,7,12-18H2,1H3. The number of aldehydes is 1. The number of aromatic nitrogens is 2. The number of hydrogen-bond donors (Lipinski definition) is 0. The molecule has 1 saturated heterocycles. The van der Waals surface area contributed by atoms with E-state index in [0.717, 1.165) is 49.7 Å². The first-order chi connectivity index (χ1) is 16.6. The molecule has 2 heterocycles. The van der Waals surface area contributed by atoms with Gasteiger partial charge in [0.15, 0.2) is 6.29 Å². The van der Waals surface area contributed by atoms with Crippen molar-refractivity contribution in [2.45, 2.75) is 19.5 Å². The Balaban J connectivity index is 1.38. The molecule has 4 rings (SSSR count). The van der Waals surface area contributed by atoms with Crippen LogP contribution in [0.4, 0.5) is 5.69 Å². The van der Waals surface area contributed by atoms with Gasteiger partial charge in [0, 0.05) is 38.9 Å². The van der Waals surface area contributed by atoms with Crippen LogP contribution in [-0.4, -0.2) is 60.2 Å². The van der Waals surface area contributed by atoms with E-state index in [9.17, 15) is 14.4 Å². The number of nitrogens with zero attached hydrogens (tertiary/aromatic N) is 4. The van der Waals surface area contributed by atoms with Gasteiger partial charge in [-0.25, -0.2) is 4.79 Å². The summed E-state index contributed by atoms with van der Waals surface area (Å²) in [7, 11) is 1.68. The van der Waals surface area contributed by atoms with Crippen LogP contribution in [0.15, 0.2) is 70.4 Å². The highest BCUT2D eigenvalue weighted by molar-refractivity contribution is 5.73. The lowest BCUT2D eigenvalue weighted by Crippen LogP contribution is -2.47. The molecule has 34 heavy (non-hydrogen) atoms. The molecule has 0 spiro atoms. The molecule has 0 saturated carbocycles. The lowest BCUT2D eigenvalue weighted by molar-refractivity contribution is 0.112. The molecule has 0 atom stereocenters. The third-order valence-corrected chi connectivity index (χ3v) is 6.24. The Morgan fingerprint density at radius 2 is 1.62 bits per heavy atom. The van der Waals surface area contributed by atoms with Crippen LogP contribution in [0.3, 0.4) is 0 Å². The molecule has 0 unspecified atom stereocenters. The van der Waals surface area contributed by atoms with Gasteiger partial charge in [0.25, 0.3) is 5.56 Å². The number of benzene rings is 2. The van der Waals surface area contributed by atoms with Crippen molar-refractivity contribution in [3.05, 3.63) is 92.8 Å². The summed E-state index contributed by atoms with van der Waals surface area (Å²) in [5.41, 5.74) is 1.12. The number of methoxy groups -OCH3 is 1. The SMILES string of the molecule is COc1ccccc1N1CCN(CCCn2c(=O)c(C=O)cn(Cc3ccccc3)c2=O)CC1. The van der Waals surface area contributed by atoms with E-state index < -0.39 is 5.56 Å². The fourth-order valence-electron chi connectivity index (χ4n) is 4.40. The average Bonchev–Trinajstić information content (AvgIpc) is 2.88. The van der Waals surface area contributed by atoms with Crippen molar-refractivity contribution in [1.82, 2.24) is 14.0 Å². The van der Waals surface area contributed by atoms with E-state index in [1.54, 1.807) is 7.11 Å². The summed E-state index contributed by atoms with van der Waals surface area (Å²) >= 11 is 0. The van der Waals surface area contributed by atoms with E-state index in [1.165, 1.54) is 15.3 Å². The average molecular weight is 463 g/mol. The van der Waals surface area contributed by atoms with Crippen LogP contribution in [0.1, 0.15) is 22.3 Å². The Hall–Kier alpha value is -3.65. The normalized spacial score (nSPS) is 14.2. The number of anilines is 1. The summed E-state index contributed by atoms with van der Waals surface area (Å²) < 4.78 is 8.11. The van der Waals surface area contributed by atoms with Crippen LogP contribution in [0.5, 0.6) is 5.75 Å². The molecule has 3 aromatic rings. The molecular formula is C26H30N4O4. The van der Waals surface area contributed by atoms with Gasteiger partial charge in [0.1, 0.15) is 5.75 Å². The van der Waals surface area contributed by atoms with Crippen molar-refractivity contribution in [3.63, 3.8) is 0 Å². The first-order valence-corrected chi connectivity index (χ1v) is 11.5. The van der Waals surface area contributed by atoms with Crippen molar-refractivity contribution in [2.24, 2.45) is 0 Å². The predicted molar refractivity (Wildman–Crippen MR) is 132 cm³/mol. The maximum Gasteiger partial charge on any atom is 0.331 e. The van der Waals surface area contributed by atoms with Gasteiger partial charge in [-0.2, -0.15) is 0 Å². The van der Waals surface area contributed by atoms with E-state index in [1.807, 2.05) is 48.5 Å². The zero-order valence-corrected chi connectivity index (χ0v) is 19.4. The Kier molecular flexibility index (Phi) is 7.59. The molecular weight excluding hydrogens is 432 g/mol. The first-order valence-electron chi connectivity index (χ1n) is 11.5. The molecule has 8 nitrogen and oxygen atoms in total. The van der Waals surface area contributed by atoms with Gasteiger partial charge in [0.05, 0.1) is 24.9 Å². The minimum atomic E-state index is -0.523. The van der Waals surface area contributed by atoms with Crippen molar-refractivity contribution in [1.29, 1.82) is 0 Å². The second-order valence-electron chi connectivity index (χ2n) is 8.41. The van der Waals surface area contributed by atoms with E-state index in [2.05, 4.69) is 15.9 Å². The minimum absolute atomic E-state index is 0.000883. The third kappa shape index (κ3) is 5.28. The Morgan fingerprint density at radius 3 is 2.32 bits per heavy atom. The van der Waals surface area contributed by atoms with Gasteiger partial charge in [-0.05, 0) is 30.7 Å². The molecule has 2 aromatic carbocycles. The van der Waals surface area contributed by atoms with Gasteiger partial charge < -0.3 is 9.64 Å². The number of ether oxygens (including phenoxy) is 1. The van der Waals surface area contributed by atoms with Gasteiger partial charge in [-0.1, -0.05) is 42.5 Å². The Bertz CT molecular complexity index is 1230. The summed E-state index contributed by atoms with van der Waals surface area (Å²) in [5.74, 6) is 0.872.